The number of methoxy groups -OCH3 is 1. The van der Waals surface area contributed by atoms with Crippen LogP contribution in [0.15, 0.2) is 18.2 Å². The Bertz CT molecular complexity index is 341. The highest BCUT2D eigenvalue weighted by molar-refractivity contribution is 6.32. The first-order valence-electron chi connectivity index (χ1n) is 6.18. The van der Waals surface area contributed by atoms with Crippen LogP contribution in [0.2, 0.25) is 5.02 Å². The Morgan fingerprint density at radius 3 is 2.82 bits per heavy atom. The van der Waals surface area contributed by atoms with Crippen LogP contribution in [0.3, 0.4) is 0 Å². The van der Waals surface area contributed by atoms with E-state index in [0.29, 0.717) is 6.04 Å². The number of ether oxygens (including phenoxy) is 1. The summed E-state index contributed by atoms with van der Waals surface area (Å²) in [5.41, 5.74) is 2.34. The van der Waals surface area contributed by atoms with Crippen molar-refractivity contribution in [1.29, 1.82) is 0 Å². The number of hydrogen-bond acceptors (Lipinski definition) is 2. The van der Waals surface area contributed by atoms with Gasteiger partial charge in [0.25, 0.3) is 0 Å². The monoisotopic (exact) mass is 255 g/mol. The van der Waals surface area contributed by atoms with E-state index in [-0.39, 0.29) is 0 Å². The molecule has 0 aliphatic heterocycles. The summed E-state index contributed by atoms with van der Waals surface area (Å²) in [6, 6.07) is 6.54. The van der Waals surface area contributed by atoms with Crippen molar-refractivity contribution < 1.29 is 4.74 Å². The molecule has 1 atom stereocenters. The predicted octanol–water partition coefficient (Wildman–Crippen LogP) is 3.73. The van der Waals surface area contributed by atoms with E-state index in [4.69, 9.17) is 16.3 Å². The summed E-state index contributed by atoms with van der Waals surface area (Å²) in [4.78, 5) is 0. The predicted molar refractivity (Wildman–Crippen MR) is 73.7 cm³/mol. The third kappa shape index (κ3) is 4.30. The molecule has 96 valence electrons. The molecule has 1 unspecified atom stereocenters. The van der Waals surface area contributed by atoms with E-state index in [0.717, 1.165) is 36.6 Å². The number of benzene rings is 1. The summed E-state index contributed by atoms with van der Waals surface area (Å²) in [5.74, 6) is 0. The fourth-order valence-corrected chi connectivity index (χ4v) is 2.24. The second kappa shape index (κ2) is 7.70. The zero-order chi connectivity index (χ0) is 12.7. The minimum Gasteiger partial charge on any atom is -0.385 e. The van der Waals surface area contributed by atoms with Crippen LogP contribution in [0.4, 0.5) is 0 Å². The van der Waals surface area contributed by atoms with Crippen LogP contribution in [0.25, 0.3) is 0 Å². The summed E-state index contributed by atoms with van der Waals surface area (Å²) in [6.07, 6.45) is 2.09. The first-order valence-corrected chi connectivity index (χ1v) is 6.55. The van der Waals surface area contributed by atoms with Crippen LogP contribution >= 0.6 is 11.6 Å². The summed E-state index contributed by atoms with van der Waals surface area (Å²) in [6.45, 7) is 5.91. The smallest absolute Gasteiger partial charge is 0.0482 e. The van der Waals surface area contributed by atoms with E-state index >= 15 is 0 Å². The van der Waals surface area contributed by atoms with Crippen molar-refractivity contribution in [2.24, 2.45) is 0 Å². The van der Waals surface area contributed by atoms with Gasteiger partial charge in [-0.15, -0.1) is 0 Å². The molecule has 17 heavy (non-hydrogen) atoms. The minimum atomic E-state index is 0.322. The van der Waals surface area contributed by atoms with E-state index < -0.39 is 0 Å². The lowest BCUT2D eigenvalue weighted by Gasteiger charge is -2.20. The third-order valence-corrected chi connectivity index (χ3v) is 3.41. The fourth-order valence-electron chi connectivity index (χ4n) is 1.98. The van der Waals surface area contributed by atoms with Crippen LogP contribution < -0.4 is 5.32 Å². The van der Waals surface area contributed by atoms with Crippen LogP contribution in [-0.4, -0.2) is 20.3 Å². The molecule has 0 aliphatic rings. The average Bonchev–Trinajstić information content (AvgIpc) is 2.32. The zero-order valence-electron chi connectivity index (χ0n) is 10.9. The second-order valence-corrected chi connectivity index (χ2v) is 4.60. The van der Waals surface area contributed by atoms with Gasteiger partial charge in [-0.25, -0.2) is 0 Å². The second-order valence-electron chi connectivity index (χ2n) is 4.22. The van der Waals surface area contributed by atoms with Crippen molar-refractivity contribution >= 4 is 11.6 Å². The van der Waals surface area contributed by atoms with Gasteiger partial charge in [-0.2, -0.15) is 0 Å². The number of hydrogen-bond donors (Lipinski definition) is 1. The lowest BCUT2D eigenvalue weighted by Crippen LogP contribution is -2.21. The zero-order valence-corrected chi connectivity index (χ0v) is 11.7. The Labute approximate surface area is 109 Å². The third-order valence-electron chi connectivity index (χ3n) is 2.89. The Morgan fingerprint density at radius 2 is 2.18 bits per heavy atom. The van der Waals surface area contributed by atoms with Gasteiger partial charge in [0.1, 0.15) is 0 Å². The highest BCUT2D eigenvalue weighted by Crippen LogP contribution is 2.28. The molecule has 1 aromatic carbocycles. The molecular weight excluding hydrogens is 234 g/mol. The van der Waals surface area contributed by atoms with Gasteiger partial charge in [0.2, 0.25) is 0 Å². The van der Waals surface area contributed by atoms with Crippen molar-refractivity contribution in [1.82, 2.24) is 5.32 Å². The molecular formula is C14H22ClNO. The fraction of sp³-hybridized carbons (Fsp3) is 0.571. The van der Waals surface area contributed by atoms with E-state index in [1.54, 1.807) is 7.11 Å². The molecule has 1 aromatic rings. The van der Waals surface area contributed by atoms with Gasteiger partial charge >= 0.3 is 0 Å². The maximum absolute atomic E-state index is 6.37. The molecule has 0 saturated heterocycles. The summed E-state index contributed by atoms with van der Waals surface area (Å²) >= 11 is 6.37. The van der Waals surface area contributed by atoms with Crippen molar-refractivity contribution in [2.45, 2.75) is 32.7 Å². The number of aryl methyl sites for hydroxylation is 1. The first kappa shape index (κ1) is 14.5. The molecule has 0 bridgehead atoms. The lowest BCUT2D eigenvalue weighted by molar-refractivity contribution is 0.189. The molecule has 1 rings (SSSR count). The van der Waals surface area contributed by atoms with Gasteiger partial charge < -0.3 is 10.1 Å². The molecule has 0 radical (unpaired) electrons. The molecule has 0 saturated carbocycles. The van der Waals surface area contributed by atoms with Crippen molar-refractivity contribution in [3.8, 4) is 0 Å². The summed E-state index contributed by atoms with van der Waals surface area (Å²) < 4.78 is 5.10. The Kier molecular flexibility index (Phi) is 6.56. The Morgan fingerprint density at radius 1 is 1.41 bits per heavy atom. The quantitative estimate of drug-likeness (QED) is 0.750. The SMILES string of the molecule is CCNC(CCCOC)c1cccc(C)c1Cl. The molecule has 1 N–H and O–H groups in total. The lowest BCUT2D eigenvalue weighted by atomic mass is 10.00. The van der Waals surface area contributed by atoms with Gasteiger partial charge in [-0.3, -0.25) is 0 Å². The molecule has 0 amide bonds. The Hall–Kier alpha value is -0.570. The topological polar surface area (TPSA) is 21.3 Å². The largest absolute Gasteiger partial charge is 0.385 e. The van der Waals surface area contributed by atoms with Crippen molar-refractivity contribution in [2.75, 3.05) is 20.3 Å². The van der Waals surface area contributed by atoms with E-state index in [9.17, 15) is 0 Å². The van der Waals surface area contributed by atoms with Crippen LogP contribution in [0.1, 0.15) is 36.9 Å². The van der Waals surface area contributed by atoms with E-state index in [2.05, 4.69) is 24.4 Å². The van der Waals surface area contributed by atoms with Crippen LogP contribution in [-0.2, 0) is 4.74 Å². The van der Waals surface area contributed by atoms with E-state index in [1.807, 2.05) is 13.0 Å². The molecule has 2 nitrogen and oxygen atoms in total. The first-order chi connectivity index (χ1) is 8.20. The molecule has 0 heterocycles. The van der Waals surface area contributed by atoms with E-state index in [1.165, 1.54) is 5.56 Å². The van der Waals surface area contributed by atoms with Gasteiger partial charge in [0.05, 0.1) is 0 Å². The summed E-state index contributed by atoms with van der Waals surface area (Å²) in [5, 5.41) is 4.37. The summed E-state index contributed by atoms with van der Waals surface area (Å²) in [7, 11) is 1.74. The maximum Gasteiger partial charge on any atom is 0.0482 e. The number of rotatable bonds is 7. The highest BCUT2D eigenvalue weighted by Gasteiger charge is 2.14. The number of halogens is 1. The molecule has 0 aliphatic carbocycles. The minimum absolute atomic E-state index is 0.322. The Balaban J connectivity index is 2.77. The van der Waals surface area contributed by atoms with Crippen molar-refractivity contribution in [3.05, 3.63) is 34.3 Å². The highest BCUT2D eigenvalue weighted by atomic mass is 35.5. The van der Waals surface area contributed by atoms with Crippen molar-refractivity contribution in [3.63, 3.8) is 0 Å². The van der Waals surface area contributed by atoms with Crippen LogP contribution in [0, 0.1) is 6.92 Å². The number of nitrogens with one attached hydrogen (secondary N) is 1. The standard InChI is InChI=1S/C14H22ClNO/c1-4-16-13(9-6-10-17-3)12-8-5-7-11(2)14(12)15/h5,7-8,13,16H,4,6,9-10H2,1-3H3. The average molecular weight is 256 g/mol. The normalized spacial score (nSPS) is 12.7. The molecule has 3 heteroatoms. The van der Waals surface area contributed by atoms with Gasteiger partial charge in [0, 0.05) is 24.8 Å². The van der Waals surface area contributed by atoms with Gasteiger partial charge in [0.15, 0.2) is 0 Å². The molecule has 0 aromatic heterocycles. The van der Waals surface area contributed by atoms with Gasteiger partial charge in [-0.05, 0) is 37.4 Å². The maximum atomic E-state index is 6.37. The van der Waals surface area contributed by atoms with Gasteiger partial charge in [-0.1, -0.05) is 36.7 Å². The molecule has 0 fully saturated rings. The van der Waals surface area contributed by atoms with Crippen LogP contribution in [0.5, 0.6) is 0 Å². The molecule has 0 spiro atoms.